The minimum absolute atomic E-state index is 0.00680. The molecule has 24 heavy (non-hydrogen) atoms. The molecule has 3 aliphatic carbocycles. The van der Waals surface area contributed by atoms with Crippen molar-refractivity contribution in [1.82, 2.24) is 0 Å². The number of phenols is 1. The van der Waals surface area contributed by atoms with Crippen molar-refractivity contribution in [2.45, 2.75) is 51.0 Å². The van der Waals surface area contributed by atoms with E-state index in [0.29, 0.717) is 23.7 Å². The van der Waals surface area contributed by atoms with Crippen molar-refractivity contribution >= 4 is 19.1 Å². The number of phenolic OH excluding ortho intramolecular Hbond substituents is 1. The SMILES string of the molecule is [B]c1c(O)c(OC)cc2c1C(=O)CC1C2CC[C@]2(C)C(O)CCC12. The summed E-state index contributed by atoms with van der Waals surface area (Å²) >= 11 is 0. The molecule has 0 aromatic heterocycles. The van der Waals surface area contributed by atoms with Crippen LogP contribution in [0.5, 0.6) is 11.5 Å². The molecule has 5 heteroatoms. The van der Waals surface area contributed by atoms with Crippen LogP contribution in [0.25, 0.3) is 0 Å². The first-order chi connectivity index (χ1) is 11.4. The largest absolute Gasteiger partial charge is 0.505 e. The lowest BCUT2D eigenvalue weighted by molar-refractivity contribution is -0.0208. The lowest BCUT2D eigenvalue weighted by Crippen LogP contribution is -2.45. The molecule has 2 fully saturated rings. The van der Waals surface area contributed by atoms with Crippen LogP contribution in [0.2, 0.25) is 0 Å². The molecule has 1 aromatic carbocycles. The molecule has 0 bridgehead atoms. The average Bonchev–Trinajstić information content (AvgIpc) is 2.86. The van der Waals surface area contributed by atoms with Gasteiger partial charge in [0.05, 0.1) is 13.2 Å². The summed E-state index contributed by atoms with van der Waals surface area (Å²) in [5.74, 6) is 1.06. The van der Waals surface area contributed by atoms with Crippen molar-refractivity contribution in [2.24, 2.45) is 17.3 Å². The Morgan fingerprint density at radius 2 is 2.08 bits per heavy atom. The number of aliphatic hydroxyl groups excluding tert-OH is 1. The highest BCUT2D eigenvalue weighted by molar-refractivity contribution is 6.39. The second-order valence-corrected chi connectivity index (χ2v) is 7.95. The van der Waals surface area contributed by atoms with Crippen LogP contribution in [-0.4, -0.2) is 37.1 Å². The second-order valence-electron chi connectivity index (χ2n) is 7.95. The van der Waals surface area contributed by atoms with E-state index in [4.69, 9.17) is 12.6 Å². The standard InChI is InChI=1S/C19H23BO4/c1-19-6-5-9-10(12(19)3-4-15(19)22)7-13(21)16-11(9)8-14(24-2)18(23)17(16)20/h8-10,12,15,22-23H,3-7H2,1-2H3/t9?,10?,12?,15?,19-/m0/s1. The molecular formula is C19H23BO4. The molecular weight excluding hydrogens is 303 g/mol. The third kappa shape index (κ3) is 1.94. The summed E-state index contributed by atoms with van der Waals surface area (Å²) in [7, 11) is 7.55. The van der Waals surface area contributed by atoms with E-state index in [0.717, 1.165) is 31.2 Å². The van der Waals surface area contributed by atoms with Crippen LogP contribution in [-0.2, 0) is 0 Å². The predicted octanol–water partition coefficient (Wildman–Crippen LogP) is 2.05. The fraction of sp³-hybridized carbons (Fsp3) is 0.632. The van der Waals surface area contributed by atoms with E-state index >= 15 is 0 Å². The topological polar surface area (TPSA) is 66.8 Å². The maximum absolute atomic E-state index is 12.8. The van der Waals surface area contributed by atoms with Gasteiger partial charge < -0.3 is 14.9 Å². The number of methoxy groups -OCH3 is 1. The van der Waals surface area contributed by atoms with Crippen molar-refractivity contribution in [3.63, 3.8) is 0 Å². The van der Waals surface area contributed by atoms with E-state index in [-0.39, 0.29) is 40.4 Å². The molecule has 0 heterocycles. The number of fused-ring (bicyclic) bond motifs is 5. The van der Waals surface area contributed by atoms with Gasteiger partial charge in [0.25, 0.3) is 0 Å². The molecule has 2 radical (unpaired) electrons. The van der Waals surface area contributed by atoms with Gasteiger partial charge in [0.15, 0.2) is 17.3 Å². The van der Waals surface area contributed by atoms with Crippen LogP contribution in [0.15, 0.2) is 6.07 Å². The van der Waals surface area contributed by atoms with Crippen LogP contribution >= 0.6 is 0 Å². The number of rotatable bonds is 1. The zero-order valence-corrected chi connectivity index (χ0v) is 14.2. The Kier molecular flexibility index (Phi) is 3.50. The molecule has 5 atom stereocenters. The van der Waals surface area contributed by atoms with Gasteiger partial charge in [-0.2, -0.15) is 0 Å². The van der Waals surface area contributed by atoms with Crippen molar-refractivity contribution in [1.29, 1.82) is 0 Å². The van der Waals surface area contributed by atoms with Crippen molar-refractivity contribution in [2.75, 3.05) is 7.11 Å². The Morgan fingerprint density at radius 1 is 1.33 bits per heavy atom. The molecule has 2 saturated carbocycles. The highest BCUT2D eigenvalue weighted by Gasteiger charge is 2.55. The molecule has 0 saturated heterocycles. The zero-order chi connectivity index (χ0) is 17.2. The number of aliphatic hydroxyl groups is 1. The summed E-state index contributed by atoms with van der Waals surface area (Å²) in [6.45, 7) is 2.18. The van der Waals surface area contributed by atoms with Gasteiger partial charge in [-0.3, -0.25) is 4.79 Å². The van der Waals surface area contributed by atoms with Gasteiger partial charge in [0.2, 0.25) is 0 Å². The van der Waals surface area contributed by atoms with E-state index in [9.17, 15) is 15.0 Å². The number of hydrogen-bond donors (Lipinski definition) is 2. The number of benzene rings is 1. The van der Waals surface area contributed by atoms with Gasteiger partial charge in [-0.05, 0) is 65.9 Å². The number of aromatic hydroxyl groups is 1. The van der Waals surface area contributed by atoms with Crippen LogP contribution in [0, 0.1) is 17.3 Å². The Labute approximate surface area is 143 Å². The lowest BCUT2D eigenvalue weighted by Gasteiger charge is -2.49. The quantitative estimate of drug-likeness (QED) is 0.775. The smallest absolute Gasteiger partial charge is 0.163 e. The van der Waals surface area contributed by atoms with Crippen molar-refractivity contribution < 1.29 is 19.7 Å². The molecule has 0 spiro atoms. The summed E-state index contributed by atoms with van der Waals surface area (Å²) in [6, 6.07) is 1.80. The molecule has 3 aliphatic rings. The first kappa shape index (κ1) is 16.0. The monoisotopic (exact) mass is 326 g/mol. The lowest BCUT2D eigenvalue weighted by atomic mass is 9.54. The Hall–Kier alpha value is -1.49. The maximum atomic E-state index is 12.8. The number of ketones is 1. The minimum Gasteiger partial charge on any atom is -0.505 e. The fourth-order valence-corrected chi connectivity index (χ4v) is 5.69. The fourth-order valence-electron chi connectivity index (χ4n) is 5.69. The first-order valence-corrected chi connectivity index (χ1v) is 8.79. The van der Waals surface area contributed by atoms with E-state index in [1.165, 1.54) is 7.11 Å². The third-order valence-corrected chi connectivity index (χ3v) is 7.04. The normalized spacial score (nSPS) is 37.5. The highest BCUT2D eigenvalue weighted by atomic mass is 16.5. The number of Topliss-reactive ketones (excluding diaryl/α,β-unsaturated/α-hetero) is 1. The summed E-state index contributed by atoms with van der Waals surface area (Å²) in [6.07, 6.45) is 3.89. The second kappa shape index (κ2) is 5.25. The number of carbonyl (C=O) groups excluding carboxylic acids is 1. The summed E-state index contributed by atoms with van der Waals surface area (Å²) in [5, 5.41) is 20.6. The minimum atomic E-state index is -0.264. The van der Waals surface area contributed by atoms with E-state index in [2.05, 4.69) is 6.92 Å². The number of carbonyl (C=O) groups is 1. The molecule has 2 N–H and O–H groups in total. The van der Waals surface area contributed by atoms with Crippen LogP contribution in [0.3, 0.4) is 0 Å². The molecule has 1 aromatic rings. The predicted molar refractivity (Wildman–Crippen MR) is 91.3 cm³/mol. The zero-order valence-electron chi connectivity index (χ0n) is 14.2. The van der Waals surface area contributed by atoms with Crippen molar-refractivity contribution in [3.05, 3.63) is 17.2 Å². The van der Waals surface area contributed by atoms with Crippen molar-refractivity contribution in [3.8, 4) is 11.5 Å². The Balaban J connectivity index is 1.83. The average molecular weight is 326 g/mol. The van der Waals surface area contributed by atoms with Gasteiger partial charge in [-0.1, -0.05) is 6.92 Å². The van der Waals surface area contributed by atoms with Crippen LogP contribution in [0.4, 0.5) is 0 Å². The molecule has 4 nitrogen and oxygen atoms in total. The number of hydrogen-bond acceptors (Lipinski definition) is 4. The van der Waals surface area contributed by atoms with Crippen LogP contribution in [0.1, 0.15) is 60.9 Å². The molecule has 4 rings (SSSR count). The Morgan fingerprint density at radius 3 is 2.79 bits per heavy atom. The van der Waals surface area contributed by atoms with Gasteiger partial charge >= 0.3 is 0 Å². The van der Waals surface area contributed by atoms with Gasteiger partial charge in [0, 0.05) is 12.0 Å². The van der Waals surface area contributed by atoms with Crippen LogP contribution < -0.4 is 10.2 Å². The van der Waals surface area contributed by atoms with E-state index < -0.39 is 0 Å². The molecule has 126 valence electrons. The van der Waals surface area contributed by atoms with E-state index in [1.807, 2.05) is 0 Å². The summed E-state index contributed by atoms with van der Waals surface area (Å²) in [4.78, 5) is 12.8. The maximum Gasteiger partial charge on any atom is 0.163 e. The van der Waals surface area contributed by atoms with Gasteiger partial charge in [0.1, 0.15) is 7.85 Å². The summed E-state index contributed by atoms with van der Waals surface area (Å²) < 4.78 is 5.25. The molecule has 0 aliphatic heterocycles. The first-order valence-electron chi connectivity index (χ1n) is 8.79. The summed E-state index contributed by atoms with van der Waals surface area (Å²) in [5.41, 5.74) is 1.47. The highest BCUT2D eigenvalue weighted by Crippen LogP contribution is 2.61. The number of ether oxygens (including phenoxy) is 1. The van der Waals surface area contributed by atoms with Gasteiger partial charge in [-0.15, -0.1) is 0 Å². The van der Waals surface area contributed by atoms with E-state index in [1.54, 1.807) is 6.07 Å². The molecule has 4 unspecified atom stereocenters. The molecule has 0 amide bonds. The Bertz CT molecular complexity index is 716. The third-order valence-electron chi connectivity index (χ3n) is 7.04. The van der Waals surface area contributed by atoms with Gasteiger partial charge in [-0.25, -0.2) is 0 Å².